The van der Waals surface area contributed by atoms with Crippen molar-refractivity contribution in [1.29, 1.82) is 0 Å². The molecule has 88 valence electrons. The predicted molar refractivity (Wildman–Crippen MR) is 75.1 cm³/mol. The van der Waals surface area contributed by atoms with E-state index in [0.29, 0.717) is 0 Å². The maximum atomic E-state index is 11.7. The van der Waals surface area contributed by atoms with Crippen LogP contribution in [0.1, 0.15) is 0 Å². The van der Waals surface area contributed by atoms with Crippen LogP contribution in [0, 0.1) is 0 Å². The summed E-state index contributed by atoms with van der Waals surface area (Å²) in [7, 11) is 0. The fourth-order valence-corrected chi connectivity index (χ4v) is 2.84. The molecule has 18 heavy (non-hydrogen) atoms. The topological polar surface area (TPSA) is 32.9 Å². The molecule has 0 fully saturated rings. The quantitative estimate of drug-likeness (QED) is 0.755. The maximum absolute atomic E-state index is 11.7. The number of aromatic amines is 1. The third-order valence-electron chi connectivity index (χ3n) is 2.74. The molecule has 3 heteroatoms. The average Bonchev–Trinajstić information content (AvgIpc) is 2.44. The van der Waals surface area contributed by atoms with E-state index < -0.39 is 0 Å². The van der Waals surface area contributed by atoms with Crippen LogP contribution < -0.4 is 5.56 Å². The molecule has 1 N–H and O–H groups in total. The Balaban J connectivity index is 2.13. The van der Waals surface area contributed by atoms with Gasteiger partial charge in [-0.3, -0.25) is 4.79 Å². The van der Waals surface area contributed by atoms with Crippen LogP contribution in [-0.2, 0) is 0 Å². The molecule has 0 aliphatic heterocycles. The van der Waals surface area contributed by atoms with Crippen molar-refractivity contribution in [3.63, 3.8) is 0 Å². The molecule has 0 aliphatic rings. The normalized spacial score (nSPS) is 10.7. The summed E-state index contributed by atoms with van der Waals surface area (Å²) in [6.07, 6.45) is 1.78. The first-order valence-electron chi connectivity index (χ1n) is 5.68. The van der Waals surface area contributed by atoms with Gasteiger partial charge in [0.2, 0.25) is 0 Å². The van der Waals surface area contributed by atoms with E-state index in [0.717, 1.165) is 20.6 Å². The second-order valence-corrected chi connectivity index (χ2v) is 5.06. The van der Waals surface area contributed by atoms with Gasteiger partial charge >= 0.3 is 0 Å². The first-order valence-corrected chi connectivity index (χ1v) is 6.49. The van der Waals surface area contributed by atoms with Crippen LogP contribution in [0.5, 0.6) is 0 Å². The number of benzene rings is 2. The molecule has 0 spiro atoms. The van der Waals surface area contributed by atoms with E-state index in [-0.39, 0.29) is 5.56 Å². The standard InChI is InChI=1S/C15H11NOS/c17-15-13-9-5-4-8-12(13)14(10-16-15)18-11-6-2-1-3-7-11/h1-10H,(H,16,17). The number of aromatic nitrogens is 1. The minimum Gasteiger partial charge on any atom is -0.327 e. The number of rotatable bonds is 2. The lowest BCUT2D eigenvalue weighted by Gasteiger charge is -2.05. The van der Waals surface area contributed by atoms with Gasteiger partial charge in [0.05, 0.1) is 0 Å². The maximum Gasteiger partial charge on any atom is 0.255 e. The number of hydrogen-bond acceptors (Lipinski definition) is 2. The number of H-pyrrole nitrogens is 1. The SMILES string of the molecule is O=c1[nH]cc(Sc2ccccc2)c2ccccc12. The molecule has 3 aromatic rings. The molecule has 2 aromatic carbocycles. The summed E-state index contributed by atoms with van der Waals surface area (Å²) in [5.41, 5.74) is -0.0389. The highest BCUT2D eigenvalue weighted by atomic mass is 32.2. The summed E-state index contributed by atoms with van der Waals surface area (Å²) >= 11 is 1.66. The summed E-state index contributed by atoms with van der Waals surface area (Å²) < 4.78 is 0. The van der Waals surface area contributed by atoms with Crippen LogP contribution in [0.15, 0.2) is 75.4 Å². The van der Waals surface area contributed by atoms with Crippen LogP contribution in [0.4, 0.5) is 0 Å². The van der Waals surface area contributed by atoms with Gasteiger partial charge in [-0.2, -0.15) is 0 Å². The summed E-state index contributed by atoms with van der Waals surface area (Å²) in [5, 5.41) is 1.73. The molecule has 0 saturated heterocycles. The van der Waals surface area contributed by atoms with Gasteiger partial charge in [-0.15, -0.1) is 0 Å². The van der Waals surface area contributed by atoms with Crippen molar-refractivity contribution in [2.75, 3.05) is 0 Å². The molecule has 0 unspecified atom stereocenters. The van der Waals surface area contributed by atoms with Crippen molar-refractivity contribution >= 4 is 22.5 Å². The van der Waals surface area contributed by atoms with E-state index in [2.05, 4.69) is 17.1 Å². The zero-order chi connectivity index (χ0) is 12.4. The Morgan fingerprint density at radius 2 is 1.50 bits per heavy atom. The monoisotopic (exact) mass is 253 g/mol. The Morgan fingerprint density at radius 3 is 2.28 bits per heavy atom. The predicted octanol–water partition coefficient (Wildman–Crippen LogP) is 3.68. The fourth-order valence-electron chi connectivity index (χ4n) is 1.88. The molecule has 0 radical (unpaired) electrons. The molecule has 1 heterocycles. The largest absolute Gasteiger partial charge is 0.327 e. The van der Waals surface area contributed by atoms with Crippen LogP contribution >= 0.6 is 11.8 Å². The third-order valence-corrected chi connectivity index (χ3v) is 3.81. The van der Waals surface area contributed by atoms with Crippen molar-refractivity contribution in [2.24, 2.45) is 0 Å². The molecular weight excluding hydrogens is 242 g/mol. The number of pyridine rings is 1. The molecule has 3 rings (SSSR count). The molecule has 0 amide bonds. The molecule has 1 aromatic heterocycles. The van der Waals surface area contributed by atoms with Gasteiger partial charge < -0.3 is 4.98 Å². The van der Waals surface area contributed by atoms with Gasteiger partial charge in [0, 0.05) is 26.8 Å². The lowest BCUT2D eigenvalue weighted by molar-refractivity contribution is 1.22. The Hall–Kier alpha value is -2.00. The Kier molecular flexibility index (Phi) is 2.90. The Bertz CT molecular complexity index is 734. The molecule has 2 nitrogen and oxygen atoms in total. The van der Waals surface area contributed by atoms with Crippen molar-refractivity contribution in [2.45, 2.75) is 9.79 Å². The minimum atomic E-state index is -0.0389. The van der Waals surface area contributed by atoms with Crippen molar-refractivity contribution in [3.05, 3.63) is 71.1 Å². The van der Waals surface area contributed by atoms with Gasteiger partial charge in [-0.1, -0.05) is 48.2 Å². The van der Waals surface area contributed by atoms with Crippen LogP contribution in [0.25, 0.3) is 10.8 Å². The molecule has 0 bridgehead atoms. The van der Waals surface area contributed by atoms with Crippen molar-refractivity contribution < 1.29 is 0 Å². The average molecular weight is 253 g/mol. The first kappa shape index (κ1) is 11.1. The van der Waals surface area contributed by atoms with E-state index in [1.54, 1.807) is 18.0 Å². The van der Waals surface area contributed by atoms with Gasteiger partial charge in [-0.05, 0) is 18.2 Å². The molecule has 0 aliphatic carbocycles. The lowest BCUT2D eigenvalue weighted by Crippen LogP contribution is -2.05. The van der Waals surface area contributed by atoms with E-state index in [4.69, 9.17) is 0 Å². The Labute approximate surface area is 109 Å². The fraction of sp³-hybridized carbons (Fsp3) is 0. The zero-order valence-electron chi connectivity index (χ0n) is 9.59. The van der Waals surface area contributed by atoms with Crippen LogP contribution in [0.2, 0.25) is 0 Å². The van der Waals surface area contributed by atoms with Gasteiger partial charge in [0.1, 0.15) is 0 Å². The third kappa shape index (κ3) is 2.05. The van der Waals surface area contributed by atoms with Gasteiger partial charge in [-0.25, -0.2) is 0 Å². The van der Waals surface area contributed by atoms with Crippen molar-refractivity contribution in [1.82, 2.24) is 4.98 Å². The first-order chi connectivity index (χ1) is 8.84. The summed E-state index contributed by atoms with van der Waals surface area (Å²) in [6.45, 7) is 0. The highest BCUT2D eigenvalue weighted by Gasteiger charge is 2.05. The van der Waals surface area contributed by atoms with E-state index in [9.17, 15) is 4.79 Å². The van der Waals surface area contributed by atoms with Crippen LogP contribution in [-0.4, -0.2) is 4.98 Å². The minimum absolute atomic E-state index is 0.0389. The smallest absolute Gasteiger partial charge is 0.255 e. The van der Waals surface area contributed by atoms with Crippen molar-refractivity contribution in [3.8, 4) is 0 Å². The summed E-state index contributed by atoms with van der Waals surface area (Å²) in [5.74, 6) is 0. The second-order valence-electron chi connectivity index (χ2n) is 3.94. The van der Waals surface area contributed by atoms with E-state index >= 15 is 0 Å². The molecular formula is C15H11NOS. The summed E-state index contributed by atoms with van der Waals surface area (Å²) in [4.78, 5) is 16.7. The zero-order valence-corrected chi connectivity index (χ0v) is 10.4. The van der Waals surface area contributed by atoms with Crippen LogP contribution in [0.3, 0.4) is 0 Å². The molecule has 0 saturated carbocycles. The molecule has 0 atom stereocenters. The highest BCUT2D eigenvalue weighted by molar-refractivity contribution is 7.99. The number of nitrogens with one attached hydrogen (secondary N) is 1. The summed E-state index contributed by atoms with van der Waals surface area (Å²) in [6, 6.07) is 17.8. The highest BCUT2D eigenvalue weighted by Crippen LogP contribution is 2.31. The van der Waals surface area contributed by atoms with Gasteiger partial charge in [0.15, 0.2) is 0 Å². The van der Waals surface area contributed by atoms with E-state index in [1.807, 2.05) is 42.5 Å². The van der Waals surface area contributed by atoms with E-state index in [1.165, 1.54) is 0 Å². The number of hydrogen-bond donors (Lipinski definition) is 1. The second kappa shape index (κ2) is 4.70. The lowest BCUT2D eigenvalue weighted by atomic mass is 10.2. The van der Waals surface area contributed by atoms with Gasteiger partial charge in [0.25, 0.3) is 5.56 Å². The Morgan fingerprint density at radius 1 is 0.833 bits per heavy atom. The number of fused-ring (bicyclic) bond motifs is 1.